The summed E-state index contributed by atoms with van der Waals surface area (Å²) >= 11 is 0. The molecule has 1 atom stereocenters. The third-order valence-corrected chi connectivity index (χ3v) is 40.1. The van der Waals surface area contributed by atoms with Crippen molar-refractivity contribution in [2.45, 2.75) is 163 Å². The number of fused-ring (bicyclic) bond motifs is 6. The summed E-state index contributed by atoms with van der Waals surface area (Å²) in [5, 5.41) is -51.3. The van der Waals surface area contributed by atoms with Crippen molar-refractivity contribution in [1.29, 1.82) is 0 Å². The minimum absolute atomic E-state index is 0.0675. The van der Waals surface area contributed by atoms with E-state index in [0.717, 1.165) is 0 Å². The Kier molecular flexibility index (Phi) is 24.6. The number of allylic oxidation sites excluding steroid dienone is 4. The second-order valence-corrected chi connectivity index (χ2v) is 46.8. The molecule has 0 heterocycles. The van der Waals surface area contributed by atoms with Crippen LogP contribution in [-0.4, -0.2) is 41.0 Å². The highest BCUT2D eigenvalue weighted by Crippen LogP contribution is 2.56. The van der Waals surface area contributed by atoms with Gasteiger partial charge in [0.15, 0.2) is 128 Å². The molecule has 1 radical (unpaired) electrons. The number of hydrogen-bond acceptors (Lipinski definition) is 1. The first kappa shape index (κ1) is 94.1. The maximum absolute atomic E-state index is 19.8. The van der Waals surface area contributed by atoms with Crippen molar-refractivity contribution in [2.24, 2.45) is 0 Å². The van der Waals surface area contributed by atoms with Gasteiger partial charge in [-0.3, -0.25) is 0 Å². The maximum Gasteiger partial charge on any atom is 0.259 e. The van der Waals surface area contributed by atoms with E-state index >= 15 is 136 Å². The molecule has 1 nitrogen and oxygen atoms in total. The van der Waals surface area contributed by atoms with Crippen LogP contribution in [0.5, 0.6) is 5.75 Å². The molecule has 13 aromatic rings. The van der Waals surface area contributed by atoms with E-state index in [2.05, 4.69) is 26.8 Å². The first-order valence-electron chi connectivity index (χ1n) is 39.7. The van der Waals surface area contributed by atoms with Gasteiger partial charge >= 0.3 is 0 Å². The number of halogens is 31. The molecular weight excluding hydrogens is 1780 g/mol. The maximum atomic E-state index is 19.8. The van der Waals surface area contributed by atoms with Gasteiger partial charge in [0.25, 0.3) is 8.32 Å². The lowest BCUT2D eigenvalue weighted by Crippen LogP contribution is -2.79. The van der Waals surface area contributed by atoms with Crippen molar-refractivity contribution in [2.75, 3.05) is 18.5 Å². The molecule has 13 aromatic carbocycles. The second kappa shape index (κ2) is 32.9. The number of rotatable bonds is 20. The first-order valence-corrected chi connectivity index (χ1v) is 46.9. The summed E-state index contributed by atoms with van der Waals surface area (Å²) < 4.78 is 558. The molecule has 0 aromatic heterocycles. The van der Waals surface area contributed by atoms with Crippen LogP contribution in [0, 0.1) is 186 Å². The van der Waals surface area contributed by atoms with Gasteiger partial charge in [0.05, 0.1) is 85.8 Å². The molecule has 126 heavy (non-hydrogen) atoms. The van der Waals surface area contributed by atoms with Gasteiger partial charge in [0.1, 0.15) is 64.3 Å². The summed E-state index contributed by atoms with van der Waals surface area (Å²) in [7, 11) is -7.94. The highest BCUT2D eigenvalue weighted by Gasteiger charge is 2.55. The first-order chi connectivity index (χ1) is 58.8. The Bertz CT molecular complexity index is 6770. The fraction of sp³-hybridized carbons (Fsp3) is 0.311. The van der Waals surface area contributed by atoms with Gasteiger partial charge in [-0.15, -0.1) is 21.9 Å². The summed E-state index contributed by atoms with van der Waals surface area (Å²) in [6, 6.07) is 0.934. The molecule has 0 aliphatic heterocycles. The molecule has 0 saturated carbocycles. The predicted octanol–water partition coefficient (Wildman–Crippen LogP) is 28.1. The Balaban J connectivity index is 0.000000966. The third-order valence-electron chi connectivity index (χ3n) is 26.2. The summed E-state index contributed by atoms with van der Waals surface area (Å²) in [5.74, 6) is -108. The number of benzene rings is 13. The van der Waals surface area contributed by atoms with Gasteiger partial charge in [0, 0.05) is 23.7 Å². The fourth-order valence-corrected chi connectivity index (χ4v) is 31.3. The molecule has 1 aliphatic rings. The summed E-state index contributed by atoms with van der Waals surface area (Å²) in [6.07, 6.45) is 8.42. The Hall–Kier alpha value is -9.50. The van der Waals surface area contributed by atoms with Gasteiger partial charge in [0.2, 0.25) is 0 Å². The Morgan fingerprint density at radius 3 is 0.944 bits per heavy atom. The van der Waals surface area contributed by atoms with Crippen molar-refractivity contribution >= 4 is 154 Å². The normalized spacial score (nSPS) is 14.6. The zero-order chi connectivity index (χ0) is 93.7. The van der Waals surface area contributed by atoms with Crippen LogP contribution in [0.4, 0.5) is 136 Å². The lowest BCUT2D eigenvalue weighted by Gasteiger charge is -2.47. The average molecular weight is 1850 g/mol. The standard InChI is InChI=1S/C78H42BF31OSi2.C12H27P/c1-17(2)113(18(3)4,19(5)6)111-77-64(98)35-30-29-31(53(87)55(35)89)44(67(101)57(91)34(29)54(88)56(90)36(30)65(77)99)79(45-32-37(58(92)71(105)68(45)102)50(84)41-39(48(32)82)60(94)73(107)75(109)62(41)96,46-33-38(59(93)72(106)69(46)103)51(85)42-40(49(33)83)61(95)74(108)76(110)63(42)97)43-25-14-23-13-24(112(11,12)78(10)16-20(7)21(8)22(78)9)15-26(80)27(23)47(81)28(25)52(86)70(104)66(43)100;1-4-7-10-13(11-8-5-2)12-9-6-3/h13-15,17-19H,1-12H3;4-12H2,1-3H3/q-1;/p+1. The minimum atomic E-state index is -8.16. The summed E-state index contributed by atoms with van der Waals surface area (Å²) in [6.45, 7) is 24.4. The summed E-state index contributed by atoms with van der Waals surface area (Å²) in [5.41, 5.74) is -15.8. The van der Waals surface area contributed by atoms with E-state index in [4.69, 9.17) is 4.43 Å². The van der Waals surface area contributed by atoms with Gasteiger partial charge in [-0.25, -0.2) is 136 Å². The smallest absolute Gasteiger partial charge is 0.259 e. The molecule has 0 N–H and O–H groups in total. The van der Waals surface area contributed by atoms with E-state index < -0.39 is 349 Å². The minimum Gasteiger partial charge on any atom is -0.539 e. The zero-order valence-electron chi connectivity index (χ0n) is 69.0. The van der Waals surface area contributed by atoms with Crippen LogP contribution in [0.3, 0.4) is 0 Å². The zero-order valence-corrected chi connectivity index (χ0v) is 72.0. The monoisotopic (exact) mass is 1850 g/mol. The number of hydrogen-bond donors (Lipinski definition) is 0. The number of unbranched alkanes of at least 4 members (excludes halogenated alkanes) is 3. The van der Waals surface area contributed by atoms with E-state index in [0.29, 0.717) is 28.9 Å². The second-order valence-electron chi connectivity index (χ2n) is 33.6. The molecule has 1 aliphatic carbocycles. The van der Waals surface area contributed by atoms with Gasteiger partial charge in [-0.1, -0.05) is 118 Å². The van der Waals surface area contributed by atoms with Crippen molar-refractivity contribution in [1.82, 2.24) is 0 Å². The van der Waals surface area contributed by atoms with Crippen LogP contribution in [0.2, 0.25) is 34.8 Å². The van der Waals surface area contributed by atoms with Crippen molar-refractivity contribution in [3.8, 4) is 5.75 Å². The van der Waals surface area contributed by atoms with E-state index in [-0.39, 0.29) is 19.2 Å². The van der Waals surface area contributed by atoms with E-state index in [1.54, 1.807) is 39.3 Å². The van der Waals surface area contributed by atoms with Crippen LogP contribution >= 0.6 is 7.92 Å². The van der Waals surface area contributed by atoms with Crippen molar-refractivity contribution in [3.63, 3.8) is 0 Å². The molecular formula is C90H70BF31OPSi2. The lowest BCUT2D eigenvalue weighted by molar-refractivity contribution is 0.414. The highest BCUT2D eigenvalue weighted by atomic mass is 31.1. The van der Waals surface area contributed by atoms with Gasteiger partial charge in [-0.05, 0) is 113 Å². The van der Waals surface area contributed by atoms with Crippen LogP contribution in [-0.2, 0) is 0 Å². The van der Waals surface area contributed by atoms with Crippen LogP contribution < -0.4 is 31.5 Å². The predicted molar refractivity (Wildman–Crippen MR) is 433 cm³/mol. The van der Waals surface area contributed by atoms with E-state index in [9.17, 15) is 0 Å². The average Bonchev–Trinajstić information content (AvgIpc) is 0.675. The van der Waals surface area contributed by atoms with E-state index in [1.807, 2.05) is 0 Å². The topological polar surface area (TPSA) is 9.23 Å². The molecule has 0 spiro atoms. The molecule has 36 heteroatoms. The molecule has 14 rings (SSSR count). The Morgan fingerprint density at radius 2 is 0.595 bits per heavy atom. The molecule has 0 amide bonds. The Morgan fingerprint density at radius 1 is 0.325 bits per heavy atom. The van der Waals surface area contributed by atoms with E-state index in [1.165, 1.54) is 100 Å². The van der Waals surface area contributed by atoms with Crippen molar-refractivity contribution in [3.05, 3.63) is 221 Å². The molecule has 1 unspecified atom stereocenters. The van der Waals surface area contributed by atoms with Crippen LogP contribution in [0.1, 0.15) is 129 Å². The van der Waals surface area contributed by atoms with Crippen molar-refractivity contribution < 1.29 is 141 Å². The van der Waals surface area contributed by atoms with Crippen LogP contribution in [0.25, 0.3) is 97.0 Å². The van der Waals surface area contributed by atoms with Crippen LogP contribution in [0.15, 0.2) is 34.9 Å². The summed E-state index contributed by atoms with van der Waals surface area (Å²) in [4.78, 5) is 0. The lowest BCUT2D eigenvalue weighted by atomic mass is 9.11. The largest absolute Gasteiger partial charge is 0.539 e. The highest BCUT2D eigenvalue weighted by molar-refractivity contribution is 7.57. The fourth-order valence-electron chi connectivity index (χ4n) is 19.6. The van der Waals surface area contributed by atoms with Gasteiger partial charge < -0.3 is 4.43 Å². The quantitative estimate of drug-likeness (QED) is 0.0141. The third kappa shape index (κ3) is 12.8. The molecule has 0 saturated heterocycles. The SMILES string of the molecule is CC1=[C]C(C)([Si](C)(C)c2cc(F)c3c(F)c4c(F)c(F)c(F)c([B-](c5c(F)c(F)c(F)c6c(F)c7c(F)c(F)c(F)c(F)c7c(F)c56)(c5c(F)c(F)c(F)c6c(F)c7c(F)c(F)c(F)c(F)c7c(F)c56)c5c(F)c(F)c6c(F)c(F)c7c(F)c(O[Si](C(C)C)(C(C)C)C(C)C)c(F)c8c(F)c(F)c5c6c78)c4cc3c2)C(C)=C1C.CCCC[PH+](CCCC)CCCC. The molecule has 0 fully saturated rings. The molecule has 0 bridgehead atoms. The Labute approximate surface area is 700 Å². The van der Waals surface area contributed by atoms with Gasteiger partial charge in [-0.2, -0.15) is 0 Å². The molecule has 669 valence electrons.